The third kappa shape index (κ3) is 2.55. The molecule has 0 saturated carbocycles. The fraction of sp³-hybridized carbons (Fsp3) is 0.421. The molecular weight excluding hydrogens is 272 g/mol. The third-order valence-corrected chi connectivity index (χ3v) is 5.13. The van der Waals surface area contributed by atoms with Crippen LogP contribution in [0.25, 0.3) is 11.3 Å². The average Bonchev–Trinajstić information content (AvgIpc) is 2.55. The lowest BCUT2D eigenvalue weighted by molar-refractivity contribution is -0.0358. The van der Waals surface area contributed by atoms with Gasteiger partial charge in [-0.05, 0) is 43.4 Å². The molecule has 1 aromatic heterocycles. The van der Waals surface area contributed by atoms with Crippen LogP contribution in [0.2, 0.25) is 0 Å². The van der Waals surface area contributed by atoms with Crippen molar-refractivity contribution in [3.05, 3.63) is 54.2 Å². The van der Waals surface area contributed by atoms with Gasteiger partial charge in [0.25, 0.3) is 0 Å². The number of hydrogen-bond acceptors (Lipinski definition) is 3. The molecule has 2 aromatic rings. The lowest BCUT2D eigenvalue weighted by atomic mass is 9.74. The van der Waals surface area contributed by atoms with Crippen LogP contribution in [0.1, 0.15) is 37.7 Å². The Hall–Kier alpha value is -1.71. The number of hydrogen-bond donors (Lipinski definition) is 2. The van der Waals surface area contributed by atoms with Crippen LogP contribution < -0.4 is 5.32 Å². The molecule has 114 valence electrons. The molecule has 2 atom stereocenters. The van der Waals surface area contributed by atoms with Crippen LogP contribution in [-0.2, 0) is 5.60 Å². The first kappa shape index (κ1) is 13.9. The standard InChI is InChI=1S/C19H22N2O/c22-19(12-16-4-3-5-17(13-19)21-16)15-9-7-14(8-10-15)18-6-1-2-11-20-18/h1-2,6-11,16-17,21-22H,3-5,12-13H2. The SMILES string of the molecule is OC1(c2ccc(-c3ccccn3)cc2)CC2CCCC(C1)N2. The summed E-state index contributed by atoms with van der Waals surface area (Å²) in [5.41, 5.74) is 2.44. The van der Waals surface area contributed by atoms with Gasteiger partial charge < -0.3 is 10.4 Å². The summed E-state index contributed by atoms with van der Waals surface area (Å²) in [6.07, 6.45) is 7.12. The molecule has 2 N–H and O–H groups in total. The Bertz CT molecular complexity index is 626. The maximum atomic E-state index is 11.2. The summed E-state index contributed by atoms with van der Waals surface area (Å²) in [6.45, 7) is 0. The number of aromatic nitrogens is 1. The van der Waals surface area contributed by atoms with Gasteiger partial charge in [0.05, 0.1) is 11.3 Å². The Labute approximate surface area is 131 Å². The molecule has 3 nitrogen and oxygen atoms in total. The molecule has 0 aliphatic carbocycles. The first-order valence-electron chi connectivity index (χ1n) is 8.23. The number of aliphatic hydroxyl groups is 1. The van der Waals surface area contributed by atoms with Gasteiger partial charge in [0.15, 0.2) is 0 Å². The second-order valence-corrected chi connectivity index (χ2v) is 6.72. The maximum absolute atomic E-state index is 11.2. The summed E-state index contributed by atoms with van der Waals surface area (Å²) in [6, 6.07) is 15.2. The van der Waals surface area contributed by atoms with Crippen LogP contribution in [0.5, 0.6) is 0 Å². The molecule has 2 aliphatic rings. The van der Waals surface area contributed by atoms with Crippen molar-refractivity contribution in [2.24, 2.45) is 0 Å². The largest absolute Gasteiger partial charge is 0.385 e. The minimum atomic E-state index is -0.677. The Balaban J connectivity index is 1.60. The van der Waals surface area contributed by atoms with Gasteiger partial charge in [-0.3, -0.25) is 4.98 Å². The fourth-order valence-electron chi connectivity index (χ4n) is 4.05. The van der Waals surface area contributed by atoms with Crippen molar-refractivity contribution in [2.75, 3.05) is 0 Å². The van der Waals surface area contributed by atoms with Crippen LogP contribution in [0.15, 0.2) is 48.7 Å². The highest BCUT2D eigenvalue weighted by Crippen LogP contribution is 2.39. The Kier molecular flexibility index (Phi) is 3.47. The van der Waals surface area contributed by atoms with Crippen molar-refractivity contribution in [3.8, 4) is 11.3 Å². The van der Waals surface area contributed by atoms with Crippen molar-refractivity contribution >= 4 is 0 Å². The molecule has 2 fully saturated rings. The van der Waals surface area contributed by atoms with E-state index in [1.165, 1.54) is 19.3 Å². The van der Waals surface area contributed by atoms with Crippen molar-refractivity contribution in [3.63, 3.8) is 0 Å². The van der Waals surface area contributed by atoms with Crippen molar-refractivity contribution in [1.29, 1.82) is 0 Å². The van der Waals surface area contributed by atoms with E-state index in [1.807, 2.05) is 24.4 Å². The molecule has 22 heavy (non-hydrogen) atoms. The number of benzene rings is 1. The van der Waals surface area contributed by atoms with Crippen LogP contribution in [-0.4, -0.2) is 22.2 Å². The van der Waals surface area contributed by atoms with Crippen molar-refractivity contribution < 1.29 is 5.11 Å². The van der Waals surface area contributed by atoms with Gasteiger partial charge in [-0.2, -0.15) is 0 Å². The first-order valence-corrected chi connectivity index (χ1v) is 8.23. The zero-order chi connectivity index (χ0) is 15.0. The third-order valence-electron chi connectivity index (χ3n) is 5.13. The molecule has 0 spiro atoms. The summed E-state index contributed by atoms with van der Waals surface area (Å²) < 4.78 is 0. The Morgan fingerprint density at radius 2 is 1.73 bits per heavy atom. The molecule has 4 rings (SSSR count). The zero-order valence-electron chi connectivity index (χ0n) is 12.7. The fourth-order valence-corrected chi connectivity index (χ4v) is 4.05. The summed E-state index contributed by atoms with van der Waals surface area (Å²) >= 11 is 0. The average molecular weight is 294 g/mol. The van der Waals surface area contributed by atoms with E-state index in [0.717, 1.165) is 29.7 Å². The second kappa shape index (κ2) is 5.49. The van der Waals surface area contributed by atoms with Crippen LogP contribution in [0, 0.1) is 0 Å². The van der Waals surface area contributed by atoms with Crippen LogP contribution >= 0.6 is 0 Å². The molecule has 2 bridgehead atoms. The van der Waals surface area contributed by atoms with E-state index in [-0.39, 0.29) is 0 Å². The van der Waals surface area contributed by atoms with E-state index >= 15 is 0 Å². The number of nitrogens with one attached hydrogen (secondary N) is 1. The predicted octanol–water partition coefficient (Wildman–Crippen LogP) is 3.24. The molecule has 1 aromatic carbocycles. The zero-order valence-corrected chi connectivity index (χ0v) is 12.7. The van der Waals surface area contributed by atoms with E-state index in [9.17, 15) is 5.11 Å². The molecule has 0 amide bonds. The second-order valence-electron chi connectivity index (χ2n) is 6.72. The van der Waals surface area contributed by atoms with E-state index in [4.69, 9.17) is 0 Å². The van der Waals surface area contributed by atoms with Crippen molar-refractivity contribution in [2.45, 2.75) is 49.8 Å². The Morgan fingerprint density at radius 3 is 2.36 bits per heavy atom. The van der Waals surface area contributed by atoms with Gasteiger partial charge in [-0.15, -0.1) is 0 Å². The van der Waals surface area contributed by atoms with E-state index in [2.05, 4.69) is 34.6 Å². The van der Waals surface area contributed by atoms with Crippen LogP contribution in [0.3, 0.4) is 0 Å². The number of fused-ring (bicyclic) bond motifs is 2. The monoisotopic (exact) mass is 294 g/mol. The summed E-state index contributed by atoms with van der Waals surface area (Å²) in [4.78, 5) is 4.38. The molecule has 2 aliphatic heterocycles. The van der Waals surface area contributed by atoms with E-state index < -0.39 is 5.60 Å². The van der Waals surface area contributed by atoms with Gasteiger partial charge in [-0.25, -0.2) is 0 Å². The smallest absolute Gasteiger partial charge is 0.0926 e. The lowest BCUT2D eigenvalue weighted by Crippen LogP contribution is -2.54. The topological polar surface area (TPSA) is 45.2 Å². The minimum absolute atomic E-state index is 0.466. The highest BCUT2D eigenvalue weighted by atomic mass is 16.3. The molecule has 3 heterocycles. The van der Waals surface area contributed by atoms with E-state index in [0.29, 0.717) is 12.1 Å². The summed E-state index contributed by atoms with van der Waals surface area (Å²) in [7, 11) is 0. The van der Waals surface area contributed by atoms with Gasteiger partial charge >= 0.3 is 0 Å². The highest BCUT2D eigenvalue weighted by molar-refractivity contribution is 5.59. The van der Waals surface area contributed by atoms with Gasteiger partial charge in [0.1, 0.15) is 0 Å². The highest BCUT2D eigenvalue weighted by Gasteiger charge is 2.41. The Morgan fingerprint density at radius 1 is 1.00 bits per heavy atom. The summed E-state index contributed by atoms with van der Waals surface area (Å²) in [5, 5.41) is 14.8. The molecular formula is C19H22N2O. The maximum Gasteiger partial charge on any atom is 0.0926 e. The quantitative estimate of drug-likeness (QED) is 0.894. The van der Waals surface area contributed by atoms with E-state index in [1.54, 1.807) is 0 Å². The molecule has 0 radical (unpaired) electrons. The molecule has 2 unspecified atom stereocenters. The number of piperidine rings is 2. The minimum Gasteiger partial charge on any atom is -0.385 e. The summed E-state index contributed by atoms with van der Waals surface area (Å²) in [5.74, 6) is 0. The van der Waals surface area contributed by atoms with Gasteiger partial charge in [-0.1, -0.05) is 36.8 Å². The molecule has 3 heteroatoms. The van der Waals surface area contributed by atoms with Crippen molar-refractivity contribution in [1.82, 2.24) is 10.3 Å². The lowest BCUT2D eigenvalue weighted by Gasteiger charge is -2.45. The number of pyridine rings is 1. The number of rotatable bonds is 2. The number of nitrogens with zero attached hydrogens (tertiary/aromatic N) is 1. The predicted molar refractivity (Wildman–Crippen MR) is 87.4 cm³/mol. The first-order chi connectivity index (χ1) is 10.7. The van der Waals surface area contributed by atoms with Crippen LogP contribution in [0.4, 0.5) is 0 Å². The molecule has 2 saturated heterocycles. The normalized spacial score (nSPS) is 31.0. The van der Waals surface area contributed by atoms with Gasteiger partial charge in [0, 0.05) is 23.8 Å². The van der Waals surface area contributed by atoms with Gasteiger partial charge in [0.2, 0.25) is 0 Å².